The number of unbranched alkanes of at least 4 members (excludes halogenated alkanes) is 16. The highest BCUT2D eigenvalue weighted by molar-refractivity contribution is 5.70. The van der Waals surface area contributed by atoms with Gasteiger partial charge in [-0.05, 0) is 122 Å². The molecule has 0 bridgehead atoms. The van der Waals surface area contributed by atoms with Gasteiger partial charge in [0.25, 0.3) is 0 Å². The van der Waals surface area contributed by atoms with E-state index < -0.39 is 6.10 Å². The van der Waals surface area contributed by atoms with Gasteiger partial charge in [0.05, 0.1) is 6.61 Å². The number of hydrogen-bond donors (Lipinski definition) is 0. The third kappa shape index (κ3) is 49.2. The van der Waals surface area contributed by atoms with Crippen molar-refractivity contribution in [2.75, 3.05) is 19.8 Å². The third-order valence-corrected chi connectivity index (χ3v) is 10.3. The summed E-state index contributed by atoms with van der Waals surface area (Å²) in [7, 11) is 0. The molecule has 0 heterocycles. The summed E-state index contributed by atoms with van der Waals surface area (Å²) in [5.41, 5.74) is 0. The van der Waals surface area contributed by atoms with Crippen LogP contribution in [-0.4, -0.2) is 37.9 Å². The topological polar surface area (TPSA) is 61.8 Å². The maximum absolute atomic E-state index is 12.8. The van der Waals surface area contributed by atoms with Crippen molar-refractivity contribution < 1.29 is 23.8 Å². The van der Waals surface area contributed by atoms with Crippen LogP contribution in [0.25, 0.3) is 0 Å². The average molecular weight is 859 g/mol. The Morgan fingerprint density at radius 2 is 0.726 bits per heavy atom. The molecule has 0 radical (unpaired) electrons. The number of rotatable bonds is 45. The Balaban J connectivity index is 4.41. The molecular formula is C57H94O5. The summed E-state index contributed by atoms with van der Waals surface area (Å²) in [5.74, 6) is -0.458. The molecule has 352 valence electrons. The molecule has 0 aliphatic rings. The highest BCUT2D eigenvalue weighted by Gasteiger charge is 2.17. The Morgan fingerprint density at radius 1 is 0.371 bits per heavy atom. The Hall–Kier alpha value is -3.44. The summed E-state index contributed by atoms with van der Waals surface area (Å²) < 4.78 is 17.3. The van der Waals surface area contributed by atoms with Gasteiger partial charge in [0.2, 0.25) is 0 Å². The molecule has 0 aromatic rings. The summed E-state index contributed by atoms with van der Waals surface area (Å²) in [4.78, 5) is 25.4. The molecule has 0 saturated carbocycles. The number of allylic oxidation sites excluding steroid dienone is 18. The summed E-state index contributed by atoms with van der Waals surface area (Å²) in [6, 6.07) is 0. The smallest absolute Gasteiger partial charge is 0.306 e. The lowest BCUT2D eigenvalue weighted by Crippen LogP contribution is -2.30. The number of hydrogen-bond acceptors (Lipinski definition) is 5. The summed E-state index contributed by atoms with van der Waals surface area (Å²) in [5, 5.41) is 0. The minimum Gasteiger partial charge on any atom is -0.462 e. The lowest BCUT2D eigenvalue weighted by atomic mass is 10.1. The van der Waals surface area contributed by atoms with Crippen molar-refractivity contribution in [3.8, 4) is 0 Å². The van der Waals surface area contributed by atoms with Gasteiger partial charge in [-0.25, -0.2) is 0 Å². The zero-order chi connectivity index (χ0) is 44.9. The van der Waals surface area contributed by atoms with Crippen LogP contribution in [0.1, 0.15) is 213 Å². The fourth-order valence-electron chi connectivity index (χ4n) is 6.54. The van der Waals surface area contributed by atoms with E-state index >= 15 is 0 Å². The molecule has 0 aromatic carbocycles. The van der Waals surface area contributed by atoms with E-state index in [1.807, 2.05) is 0 Å². The predicted octanol–water partition coefficient (Wildman–Crippen LogP) is 17.2. The summed E-state index contributed by atoms with van der Waals surface area (Å²) in [6.45, 7) is 7.45. The Kier molecular flexibility index (Phi) is 49.0. The molecule has 0 amide bonds. The van der Waals surface area contributed by atoms with Gasteiger partial charge in [-0.1, -0.05) is 188 Å². The van der Waals surface area contributed by atoms with Crippen LogP contribution in [-0.2, 0) is 23.8 Å². The van der Waals surface area contributed by atoms with E-state index in [-0.39, 0.29) is 25.2 Å². The second-order valence-corrected chi connectivity index (χ2v) is 16.3. The summed E-state index contributed by atoms with van der Waals surface area (Å²) in [6.07, 6.45) is 71.0. The first-order chi connectivity index (χ1) is 30.6. The highest BCUT2D eigenvalue weighted by Crippen LogP contribution is 2.12. The van der Waals surface area contributed by atoms with Crippen molar-refractivity contribution in [1.29, 1.82) is 0 Å². The van der Waals surface area contributed by atoms with Crippen molar-refractivity contribution in [1.82, 2.24) is 0 Å². The van der Waals surface area contributed by atoms with Crippen molar-refractivity contribution in [2.24, 2.45) is 0 Å². The maximum Gasteiger partial charge on any atom is 0.306 e. The standard InChI is InChI=1S/C57H94O5/c1-4-7-10-13-16-19-22-25-27-28-29-31-34-37-40-43-46-49-52-60-53-55(62-57(59)51-48-45-42-39-36-32-24-21-18-15-12-9-6-3)54-61-56(58)50-47-44-41-38-35-33-30-26-23-20-17-14-11-8-5-2/h7-8,10-11,16-17,19-21,24-27,29-31,37,40,55H,4-6,9,12-15,18,22-23,28,32-36,38-39,41-54H2,1-3H3/b10-7-,11-8-,19-16-,20-17-,24-21-,27-25-,30-26-,31-29-,40-37-. The van der Waals surface area contributed by atoms with Gasteiger partial charge in [0.15, 0.2) is 6.10 Å². The average Bonchev–Trinajstić information content (AvgIpc) is 3.27. The van der Waals surface area contributed by atoms with Gasteiger partial charge < -0.3 is 14.2 Å². The van der Waals surface area contributed by atoms with Gasteiger partial charge in [0, 0.05) is 19.4 Å². The molecule has 1 unspecified atom stereocenters. The van der Waals surface area contributed by atoms with Crippen molar-refractivity contribution in [3.63, 3.8) is 0 Å². The first-order valence-corrected chi connectivity index (χ1v) is 25.4. The highest BCUT2D eigenvalue weighted by atomic mass is 16.6. The fourth-order valence-corrected chi connectivity index (χ4v) is 6.54. The molecular weight excluding hydrogens is 765 g/mol. The van der Waals surface area contributed by atoms with E-state index in [1.165, 1.54) is 57.8 Å². The molecule has 0 aliphatic carbocycles. The number of carbonyl (C=O) groups is 2. The van der Waals surface area contributed by atoms with Crippen molar-refractivity contribution in [3.05, 3.63) is 109 Å². The molecule has 1 atom stereocenters. The van der Waals surface area contributed by atoms with Crippen LogP contribution in [0.2, 0.25) is 0 Å². The van der Waals surface area contributed by atoms with Gasteiger partial charge in [-0.15, -0.1) is 0 Å². The van der Waals surface area contributed by atoms with Gasteiger partial charge >= 0.3 is 11.9 Å². The monoisotopic (exact) mass is 859 g/mol. The molecule has 0 aliphatic heterocycles. The summed E-state index contributed by atoms with van der Waals surface area (Å²) >= 11 is 0. The molecule has 0 rings (SSSR count). The molecule has 0 saturated heterocycles. The lowest BCUT2D eigenvalue weighted by molar-refractivity contribution is -0.163. The fraction of sp³-hybridized carbons (Fsp3) is 0.649. The molecule has 0 N–H and O–H groups in total. The minimum atomic E-state index is -0.576. The van der Waals surface area contributed by atoms with Crippen molar-refractivity contribution in [2.45, 2.75) is 219 Å². The van der Waals surface area contributed by atoms with Gasteiger partial charge in [-0.2, -0.15) is 0 Å². The van der Waals surface area contributed by atoms with E-state index in [0.717, 1.165) is 122 Å². The maximum atomic E-state index is 12.8. The molecule has 0 aromatic heterocycles. The van der Waals surface area contributed by atoms with E-state index in [1.54, 1.807) is 0 Å². The molecule has 0 fully saturated rings. The first-order valence-electron chi connectivity index (χ1n) is 25.4. The minimum absolute atomic E-state index is 0.0493. The van der Waals surface area contributed by atoms with Crippen LogP contribution >= 0.6 is 0 Å². The van der Waals surface area contributed by atoms with Crippen molar-refractivity contribution >= 4 is 11.9 Å². The third-order valence-electron chi connectivity index (χ3n) is 10.3. The Morgan fingerprint density at radius 3 is 1.18 bits per heavy atom. The van der Waals surface area contributed by atoms with Gasteiger partial charge in [0.1, 0.15) is 6.61 Å². The lowest BCUT2D eigenvalue weighted by Gasteiger charge is -2.18. The first kappa shape index (κ1) is 58.6. The van der Waals surface area contributed by atoms with Crippen LogP contribution in [0.3, 0.4) is 0 Å². The zero-order valence-corrected chi connectivity index (χ0v) is 40.3. The second kappa shape index (κ2) is 51.9. The van der Waals surface area contributed by atoms with E-state index in [9.17, 15) is 9.59 Å². The molecule has 62 heavy (non-hydrogen) atoms. The van der Waals surface area contributed by atoms with Crippen LogP contribution in [0.4, 0.5) is 0 Å². The quantitative estimate of drug-likeness (QED) is 0.0347. The van der Waals surface area contributed by atoms with Crippen LogP contribution < -0.4 is 0 Å². The zero-order valence-electron chi connectivity index (χ0n) is 40.3. The van der Waals surface area contributed by atoms with E-state index in [2.05, 4.69) is 130 Å². The number of esters is 2. The van der Waals surface area contributed by atoms with E-state index in [4.69, 9.17) is 14.2 Å². The molecule has 0 spiro atoms. The largest absolute Gasteiger partial charge is 0.462 e. The normalized spacial score (nSPS) is 13.1. The van der Waals surface area contributed by atoms with Crippen LogP contribution in [0, 0.1) is 0 Å². The van der Waals surface area contributed by atoms with Crippen LogP contribution in [0.15, 0.2) is 109 Å². The SMILES string of the molecule is CC/C=C\C/C=C\C/C=C\C/C=C\C/C=C\CCCCOCC(COC(=O)CCCCCCC/C=C\C/C=C\C/C=C\CC)OC(=O)CCCCCCC/C=C\CCCCCC. The molecule has 5 heteroatoms. The molecule has 5 nitrogen and oxygen atoms in total. The Labute approximate surface area is 383 Å². The van der Waals surface area contributed by atoms with Crippen LogP contribution in [0.5, 0.6) is 0 Å². The van der Waals surface area contributed by atoms with Gasteiger partial charge in [-0.3, -0.25) is 9.59 Å². The second-order valence-electron chi connectivity index (χ2n) is 16.3. The van der Waals surface area contributed by atoms with E-state index in [0.29, 0.717) is 19.4 Å². The Bertz CT molecular complexity index is 1250. The number of carbonyl (C=O) groups excluding carboxylic acids is 2. The number of ether oxygens (including phenoxy) is 3. The predicted molar refractivity (Wildman–Crippen MR) is 269 cm³/mol.